The molecule has 1 aliphatic rings. The largest absolute Gasteiger partial charge is 0.497 e. The van der Waals surface area contributed by atoms with Gasteiger partial charge in [-0.25, -0.2) is 4.98 Å². The van der Waals surface area contributed by atoms with Crippen molar-refractivity contribution in [1.29, 1.82) is 0 Å². The Balaban J connectivity index is 1.88. The highest BCUT2D eigenvalue weighted by Gasteiger charge is 2.18. The van der Waals surface area contributed by atoms with Gasteiger partial charge in [0.15, 0.2) is 0 Å². The van der Waals surface area contributed by atoms with Crippen LogP contribution < -0.4 is 19.1 Å². The van der Waals surface area contributed by atoms with E-state index < -0.39 is 0 Å². The zero-order valence-corrected chi connectivity index (χ0v) is 12.1. The summed E-state index contributed by atoms with van der Waals surface area (Å²) in [6.07, 6.45) is 1.70. The minimum Gasteiger partial charge on any atom is -0.497 e. The van der Waals surface area contributed by atoms with Gasteiger partial charge in [-0.05, 0) is 12.1 Å². The Morgan fingerprint density at radius 3 is 2.90 bits per heavy atom. The molecule has 2 aromatic rings. The molecule has 6 heteroatoms. The van der Waals surface area contributed by atoms with Crippen molar-refractivity contribution >= 4 is 5.95 Å². The van der Waals surface area contributed by atoms with Crippen LogP contribution in [0.15, 0.2) is 30.5 Å². The molecule has 21 heavy (non-hydrogen) atoms. The van der Waals surface area contributed by atoms with E-state index in [1.165, 1.54) is 0 Å². The normalized spacial score (nSPS) is 13.9. The van der Waals surface area contributed by atoms with Crippen LogP contribution in [-0.4, -0.2) is 37.3 Å². The van der Waals surface area contributed by atoms with Crippen molar-refractivity contribution in [2.24, 2.45) is 0 Å². The van der Waals surface area contributed by atoms with Crippen LogP contribution in [0.1, 0.15) is 5.56 Å². The van der Waals surface area contributed by atoms with Gasteiger partial charge in [0, 0.05) is 30.4 Å². The molecule has 0 spiro atoms. The molecule has 1 aliphatic heterocycles. The third-order valence-corrected chi connectivity index (χ3v) is 3.36. The van der Waals surface area contributed by atoms with Crippen LogP contribution in [0.2, 0.25) is 0 Å². The zero-order chi connectivity index (χ0) is 14.7. The fraction of sp³-hybridized carbons (Fsp3) is 0.333. The summed E-state index contributed by atoms with van der Waals surface area (Å²) in [5.41, 5.74) is 1.08. The maximum Gasteiger partial charge on any atom is 0.229 e. The number of hydrogen-bond donors (Lipinski definition) is 0. The van der Waals surface area contributed by atoms with Crippen LogP contribution in [0.3, 0.4) is 0 Å². The predicted octanol–water partition coefficient (Wildman–Crippen LogP) is 1.89. The van der Waals surface area contributed by atoms with Crippen LogP contribution in [0.4, 0.5) is 5.95 Å². The van der Waals surface area contributed by atoms with Crippen LogP contribution in [0, 0.1) is 0 Å². The average molecular weight is 287 g/mol. The smallest absolute Gasteiger partial charge is 0.229 e. The first-order valence-electron chi connectivity index (χ1n) is 6.72. The molecule has 0 fully saturated rings. The first-order valence-corrected chi connectivity index (χ1v) is 6.72. The van der Waals surface area contributed by atoms with Crippen LogP contribution >= 0.6 is 0 Å². The monoisotopic (exact) mass is 287 g/mol. The second-order valence-electron chi connectivity index (χ2n) is 4.64. The fourth-order valence-electron chi connectivity index (χ4n) is 2.25. The zero-order valence-electron chi connectivity index (χ0n) is 12.1. The van der Waals surface area contributed by atoms with Crippen molar-refractivity contribution in [2.75, 3.05) is 32.3 Å². The van der Waals surface area contributed by atoms with E-state index in [0.717, 1.165) is 17.1 Å². The van der Waals surface area contributed by atoms with Gasteiger partial charge in [0.25, 0.3) is 0 Å². The molecule has 0 unspecified atom stereocenters. The molecule has 0 bridgehead atoms. The third-order valence-electron chi connectivity index (χ3n) is 3.36. The Morgan fingerprint density at radius 2 is 2.10 bits per heavy atom. The Morgan fingerprint density at radius 1 is 1.19 bits per heavy atom. The first-order chi connectivity index (χ1) is 10.3. The molecule has 1 aromatic heterocycles. The molecule has 0 radical (unpaired) electrons. The molecule has 1 aromatic carbocycles. The first kappa shape index (κ1) is 13.5. The van der Waals surface area contributed by atoms with E-state index in [-0.39, 0.29) is 0 Å². The van der Waals surface area contributed by atoms with E-state index in [2.05, 4.69) is 14.9 Å². The van der Waals surface area contributed by atoms with Gasteiger partial charge < -0.3 is 19.1 Å². The van der Waals surface area contributed by atoms with Crippen molar-refractivity contribution in [3.8, 4) is 17.4 Å². The highest BCUT2D eigenvalue weighted by Crippen LogP contribution is 2.29. The maximum atomic E-state index is 5.79. The van der Waals surface area contributed by atoms with Crippen molar-refractivity contribution in [3.05, 3.63) is 36.0 Å². The van der Waals surface area contributed by atoms with Gasteiger partial charge in [-0.15, -0.1) is 0 Å². The highest BCUT2D eigenvalue weighted by molar-refractivity contribution is 5.45. The quantitative estimate of drug-likeness (QED) is 0.859. The third kappa shape index (κ3) is 2.84. The summed E-state index contributed by atoms with van der Waals surface area (Å²) in [5, 5.41) is 0. The van der Waals surface area contributed by atoms with Crippen molar-refractivity contribution < 1.29 is 14.2 Å². The predicted molar refractivity (Wildman–Crippen MR) is 78.1 cm³/mol. The van der Waals surface area contributed by atoms with Gasteiger partial charge in [0.1, 0.15) is 18.1 Å². The molecular weight excluding hydrogens is 270 g/mol. The lowest BCUT2D eigenvalue weighted by atomic mass is 10.2. The molecule has 0 atom stereocenters. The molecule has 0 saturated carbocycles. The van der Waals surface area contributed by atoms with Crippen LogP contribution in [0.5, 0.6) is 17.4 Å². The topological polar surface area (TPSA) is 56.7 Å². The summed E-state index contributed by atoms with van der Waals surface area (Å²) in [6, 6.07) is 7.58. The standard InChI is InChI=1S/C15H17N3O3/c1-19-12-4-3-11-10-18(7-8-21-13(11)9-12)15-16-6-5-14(17-15)20-2/h3-6,9H,7-8,10H2,1-2H3. The number of anilines is 1. The van der Waals surface area contributed by atoms with Crippen molar-refractivity contribution in [1.82, 2.24) is 9.97 Å². The van der Waals surface area contributed by atoms with E-state index in [1.54, 1.807) is 26.5 Å². The maximum absolute atomic E-state index is 5.79. The molecule has 0 saturated heterocycles. The number of fused-ring (bicyclic) bond motifs is 1. The SMILES string of the molecule is COc1ccc2c(c1)OCCN(c1nccc(OC)n1)C2. The van der Waals surface area contributed by atoms with Gasteiger partial charge in [-0.2, -0.15) is 4.98 Å². The number of rotatable bonds is 3. The number of benzene rings is 1. The molecular formula is C15H17N3O3. The lowest BCUT2D eigenvalue weighted by Gasteiger charge is -2.19. The minimum absolute atomic E-state index is 0.556. The lowest BCUT2D eigenvalue weighted by molar-refractivity contribution is 0.327. The minimum atomic E-state index is 0.556. The molecule has 0 amide bonds. The molecule has 2 heterocycles. The van der Waals surface area contributed by atoms with Crippen LogP contribution in [0.25, 0.3) is 0 Å². The van der Waals surface area contributed by atoms with Gasteiger partial charge in [-0.1, -0.05) is 0 Å². The van der Waals surface area contributed by atoms with Crippen molar-refractivity contribution in [2.45, 2.75) is 6.54 Å². The van der Waals surface area contributed by atoms with Crippen LogP contribution in [-0.2, 0) is 6.54 Å². The van der Waals surface area contributed by atoms with Gasteiger partial charge in [-0.3, -0.25) is 0 Å². The van der Waals surface area contributed by atoms with Gasteiger partial charge in [0.05, 0.1) is 20.8 Å². The molecule has 0 aliphatic carbocycles. The van der Waals surface area contributed by atoms with Crippen molar-refractivity contribution in [3.63, 3.8) is 0 Å². The summed E-state index contributed by atoms with van der Waals surface area (Å²) in [4.78, 5) is 10.8. The van der Waals surface area contributed by atoms with E-state index in [4.69, 9.17) is 14.2 Å². The molecule has 110 valence electrons. The second-order valence-corrected chi connectivity index (χ2v) is 4.64. The highest BCUT2D eigenvalue weighted by atomic mass is 16.5. The van der Waals surface area contributed by atoms with E-state index in [1.807, 2.05) is 18.2 Å². The van der Waals surface area contributed by atoms with E-state index >= 15 is 0 Å². The molecule has 6 nitrogen and oxygen atoms in total. The number of nitrogens with zero attached hydrogens (tertiary/aromatic N) is 3. The summed E-state index contributed by atoms with van der Waals surface area (Å²) < 4.78 is 16.2. The van der Waals surface area contributed by atoms with E-state index in [0.29, 0.717) is 31.5 Å². The number of ether oxygens (including phenoxy) is 3. The fourth-order valence-corrected chi connectivity index (χ4v) is 2.25. The number of methoxy groups -OCH3 is 2. The Hall–Kier alpha value is -2.50. The Kier molecular flexibility index (Phi) is 3.77. The summed E-state index contributed by atoms with van der Waals surface area (Å²) in [5.74, 6) is 2.83. The number of hydrogen-bond acceptors (Lipinski definition) is 6. The Labute approximate surface area is 123 Å². The van der Waals surface area contributed by atoms with Gasteiger partial charge >= 0.3 is 0 Å². The molecule has 0 N–H and O–H groups in total. The summed E-state index contributed by atoms with van der Waals surface area (Å²) in [7, 11) is 3.24. The lowest BCUT2D eigenvalue weighted by Crippen LogP contribution is -2.27. The summed E-state index contributed by atoms with van der Waals surface area (Å²) in [6.45, 7) is 1.97. The van der Waals surface area contributed by atoms with Gasteiger partial charge in [0.2, 0.25) is 11.8 Å². The second kappa shape index (κ2) is 5.87. The average Bonchev–Trinajstić information content (AvgIpc) is 2.76. The van der Waals surface area contributed by atoms with E-state index in [9.17, 15) is 0 Å². The molecule has 3 rings (SSSR count). The Bertz CT molecular complexity index is 633. The summed E-state index contributed by atoms with van der Waals surface area (Å²) >= 11 is 0. The number of aromatic nitrogens is 2.